The highest BCUT2D eigenvalue weighted by atomic mass is 19.1. The molecule has 0 aromatic heterocycles. The van der Waals surface area contributed by atoms with Crippen LogP contribution in [-0.2, 0) is 4.79 Å². The maximum absolute atomic E-state index is 13.0. The maximum atomic E-state index is 13.0. The third-order valence-corrected chi connectivity index (χ3v) is 1.60. The average Bonchev–Trinajstić information content (AvgIpc) is 2.16. The highest BCUT2D eigenvalue weighted by Crippen LogP contribution is 2.12. The van der Waals surface area contributed by atoms with Gasteiger partial charge in [-0.3, -0.25) is 0 Å². The molecule has 5 heteroatoms. The first-order chi connectivity index (χ1) is 7.04. The number of halogens is 2. The number of rotatable bonds is 2. The fourth-order valence-electron chi connectivity index (χ4n) is 0.911. The summed E-state index contributed by atoms with van der Waals surface area (Å²) in [6, 6.07) is 3.91. The number of carbonyl (C=O) groups excluding carboxylic acids is 1. The first-order valence-corrected chi connectivity index (χ1v) is 3.83. The van der Waals surface area contributed by atoms with E-state index in [1.807, 2.05) is 0 Å². The zero-order valence-electron chi connectivity index (χ0n) is 7.33. The van der Waals surface area contributed by atoms with Crippen LogP contribution in [-0.4, -0.2) is 5.97 Å². The average molecular weight is 208 g/mol. The first kappa shape index (κ1) is 10.9. The lowest BCUT2D eigenvalue weighted by molar-refractivity contribution is -0.298. The van der Waals surface area contributed by atoms with Crippen molar-refractivity contribution in [1.82, 2.24) is 0 Å². The maximum Gasteiger partial charge on any atom is 0.133 e. The second-order valence-corrected chi connectivity index (χ2v) is 2.62. The lowest BCUT2D eigenvalue weighted by atomic mass is 10.1. The molecule has 1 aromatic carbocycles. The van der Waals surface area contributed by atoms with Crippen LogP contribution in [0.15, 0.2) is 23.8 Å². The van der Waals surface area contributed by atoms with Gasteiger partial charge >= 0.3 is 0 Å². The van der Waals surface area contributed by atoms with Gasteiger partial charge < -0.3 is 9.90 Å². The predicted octanol–water partition coefficient (Wildman–Crippen LogP) is 0.622. The second kappa shape index (κ2) is 4.33. The number of hydrogen-bond donors (Lipinski definition) is 0. The van der Waals surface area contributed by atoms with Crippen molar-refractivity contribution in [2.24, 2.45) is 0 Å². The minimum absolute atomic E-state index is 0.183. The number of hydrogen-bond acceptors (Lipinski definition) is 3. The monoisotopic (exact) mass is 208 g/mol. The minimum atomic E-state index is -1.71. The smallest absolute Gasteiger partial charge is 0.133 e. The van der Waals surface area contributed by atoms with E-state index < -0.39 is 23.2 Å². The largest absolute Gasteiger partial charge is 0.544 e. The molecule has 0 amide bonds. The first-order valence-electron chi connectivity index (χ1n) is 3.83. The summed E-state index contributed by atoms with van der Waals surface area (Å²) in [4.78, 5) is 10.3. The van der Waals surface area contributed by atoms with E-state index >= 15 is 0 Å². The van der Waals surface area contributed by atoms with E-state index in [1.165, 1.54) is 6.07 Å². The molecule has 0 aliphatic carbocycles. The van der Waals surface area contributed by atoms with Crippen LogP contribution >= 0.6 is 0 Å². The highest BCUT2D eigenvalue weighted by molar-refractivity contribution is 5.95. The summed E-state index contributed by atoms with van der Waals surface area (Å²) in [6.45, 7) is 0. The highest BCUT2D eigenvalue weighted by Gasteiger charge is 2.03. The fraction of sp³-hybridized carbons (Fsp3) is 0. The van der Waals surface area contributed by atoms with E-state index in [2.05, 4.69) is 0 Å². The molecule has 1 rings (SSSR count). The van der Waals surface area contributed by atoms with Crippen LogP contribution in [0.4, 0.5) is 8.78 Å². The van der Waals surface area contributed by atoms with Crippen LogP contribution in [0.3, 0.4) is 0 Å². The van der Waals surface area contributed by atoms with Crippen LogP contribution in [0.1, 0.15) is 5.56 Å². The normalized spacial score (nSPS) is 10.9. The van der Waals surface area contributed by atoms with Crippen molar-refractivity contribution in [2.45, 2.75) is 0 Å². The molecule has 15 heavy (non-hydrogen) atoms. The van der Waals surface area contributed by atoms with Gasteiger partial charge in [0, 0.05) is 11.6 Å². The molecule has 0 saturated heterocycles. The Kier molecular flexibility index (Phi) is 3.13. The number of carbonyl (C=O) groups is 1. The lowest BCUT2D eigenvalue weighted by Gasteiger charge is -2.00. The van der Waals surface area contributed by atoms with Crippen molar-refractivity contribution in [1.29, 1.82) is 5.26 Å². The number of benzene rings is 1. The molecule has 0 spiro atoms. The third kappa shape index (κ3) is 2.61. The molecule has 0 N–H and O–H groups in total. The Labute approximate surface area is 83.9 Å². The van der Waals surface area contributed by atoms with Gasteiger partial charge in [0.05, 0.1) is 11.5 Å². The Morgan fingerprint density at radius 1 is 1.47 bits per heavy atom. The summed E-state index contributed by atoms with van der Waals surface area (Å²) >= 11 is 0. The topological polar surface area (TPSA) is 63.9 Å². The molecule has 1 aromatic rings. The molecule has 0 radical (unpaired) electrons. The summed E-state index contributed by atoms with van der Waals surface area (Å²) in [5.41, 5.74) is -0.905. The van der Waals surface area contributed by atoms with Crippen LogP contribution in [0.5, 0.6) is 0 Å². The lowest BCUT2D eigenvalue weighted by Crippen LogP contribution is -2.23. The second-order valence-electron chi connectivity index (χ2n) is 2.62. The van der Waals surface area contributed by atoms with E-state index in [0.717, 1.165) is 18.2 Å². The fourth-order valence-corrected chi connectivity index (χ4v) is 0.911. The molecule has 0 bridgehead atoms. The predicted molar refractivity (Wildman–Crippen MR) is 45.0 cm³/mol. The Hall–Kier alpha value is -2.22. The quantitative estimate of drug-likeness (QED) is 0.528. The molecule has 0 heterocycles. The number of carboxylic acid groups (broad SMARTS) is 1. The third-order valence-electron chi connectivity index (χ3n) is 1.60. The standard InChI is InChI=1S/C10H5F2NO2/c11-8-2-1-6(9(12)4-8)3-7(5-13)10(14)15/h1-4H,(H,14,15)/p-1/b7-3+. The SMILES string of the molecule is N#C/C(=C\c1ccc(F)cc1F)C(=O)[O-]. The summed E-state index contributed by atoms with van der Waals surface area (Å²) in [6.07, 6.45) is 0.782. The van der Waals surface area contributed by atoms with E-state index in [1.54, 1.807) is 0 Å². The van der Waals surface area contributed by atoms with Crippen LogP contribution in [0.25, 0.3) is 6.08 Å². The molecule has 0 aliphatic heterocycles. The van der Waals surface area contributed by atoms with Gasteiger partial charge in [-0.2, -0.15) is 5.26 Å². The van der Waals surface area contributed by atoms with E-state index in [-0.39, 0.29) is 5.56 Å². The zero-order chi connectivity index (χ0) is 11.4. The molecular weight excluding hydrogens is 204 g/mol. The number of aliphatic carboxylic acids is 1. The Morgan fingerprint density at radius 3 is 2.60 bits per heavy atom. The van der Waals surface area contributed by atoms with Crippen molar-refractivity contribution in [2.75, 3.05) is 0 Å². The van der Waals surface area contributed by atoms with Crippen molar-refractivity contribution >= 4 is 12.0 Å². The van der Waals surface area contributed by atoms with Crippen LogP contribution in [0.2, 0.25) is 0 Å². The molecule has 3 nitrogen and oxygen atoms in total. The van der Waals surface area contributed by atoms with E-state index in [0.29, 0.717) is 6.07 Å². The molecule has 0 aliphatic rings. The molecule has 76 valence electrons. The van der Waals surface area contributed by atoms with Gasteiger partial charge in [0.1, 0.15) is 17.7 Å². The van der Waals surface area contributed by atoms with Gasteiger partial charge in [-0.1, -0.05) is 0 Å². The summed E-state index contributed by atoms with van der Waals surface area (Å²) in [5.74, 6) is -3.43. The van der Waals surface area contributed by atoms with Gasteiger partial charge in [0.15, 0.2) is 0 Å². The zero-order valence-corrected chi connectivity index (χ0v) is 7.33. The van der Waals surface area contributed by atoms with Crippen molar-refractivity contribution in [3.05, 3.63) is 41.0 Å². The van der Waals surface area contributed by atoms with Gasteiger partial charge in [0.25, 0.3) is 0 Å². The molecule has 0 fully saturated rings. The van der Waals surface area contributed by atoms with Gasteiger partial charge in [-0.05, 0) is 18.2 Å². The Balaban J connectivity index is 3.19. The minimum Gasteiger partial charge on any atom is -0.544 e. The van der Waals surface area contributed by atoms with Gasteiger partial charge in [-0.15, -0.1) is 0 Å². The van der Waals surface area contributed by atoms with Crippen LogP contribution in [0, 0.1) is 23.0 Å². The number of nitrogens with zero attached hydrogens (tertiary/aromatic N) is 1. The van der Waals surface area contributed by atoms with E-state index in [4.69, 9.17) is 5.26 Å². The molecule has 0 atom stereocenters. The summed E-state index contributed by atoms with van der Waals surface area (Å²) < 4.78 is 25.5. The van der Waals surface area contributed by atoms with Crippen LogP contribution < -0.4 is 5.11 Å². The molecule has 0 saturated carbocycles. The number of nitriles is 1. The van der Waals surface area contributed by atoms with Crippen molar-refractivity contribution in [3.63, 3.8) is 0 Å². The Morgan fingerprint density at radius 2 is 2.13 bits per heavy atom. The van der Waals surface area contributed by atoms with Gasteiger partial charge in [0.2, 0.25) is 0 Å². The Bertz CT molecular complexity index is 475. The van der Waals surface area contributed by atoms with Gasteiger partial charge in [-0.25, -0.2) is 8.78 Å². The summed E-state index contributed by atoms with van der Waals surface area (Å²) in [5, 5.41) is 18.7. The van der Waals surface area contributed by atoms with E-state index in [9.17, 15) is 18.7 Å². The summed E-state index contributed by atoms with van der Waals surface area (Å²) in [7, 11) is 0. The number of carboxylic acids is 1. The molecular formula is C10H4F2NO2-. The molecule has 0 unspecified atom stereocenters. The van der Waals surface area contributed by atoms with Crippen molar-refractivity contribution in [3.8, 4) is 6.07 Å². The van der Waals surface area contributed by atoms with Crippen molar-refractivity contribution < 1.29 is 18.7 Å².